The highest BCUT2D eigenvalue weighted by atomic mass is 16.2. The maximum Gasteiger partial charge on any atom is 0.278 e. The third-order valence-corrected chi connectivity index (χ3v) is 4.24. The molecule has 1 heterocycles. The van der Waals surface area contributed by atoms with Gasteiger partial charge in [0.1, 0.15) is 5.69 Å². The van der Waals surface area contributed by atoms with Crippen LogP contribution >= 0.6 is 0 Å². The molecule has 0 aliphatic rings. The fourth-order valence-electron chi connectivity index (χ4n) is 2.87. The number of benzene rings is 3. The van der Waals surface area contributed by atoms with Gasteiger partial charge in [-0.2, -0.15) is 0 Å². The Kier molecular flexibility index (Phi) is 4.49. The Morgan fingerprint density at radius 3 is 2.15 bits per heavy atom. The van der Waals surface area contributed by atoms with E-state index < -0.39 is 0 Å². The van der Waals surface area contributed by atoms with E-state index in [9.17, 15) is 4.79 Å². The molecule has 4 aromatic rings. The SMILES string of the molecule is Cc1ccc(NC(=O)c2nnn(-c3ccccc3)c2-c2ccccc2)cc1. The van der Waals surface area contributed by atoms with Crippen LogP contribution in [-0.4, -0.2) is 20.9 Å². The van der Waals surface area contributed by atoms with Gasteiger partial charge >= 0.3 is 0 Å². The number of nitrogens with one attached hydrogen (secondary N) is 1. The van der Waals surface area contributed by atoms with Gasteiger partial charge in [-0.05, 0) is 31.2 Å². The minimum absolute atomic E-state index is 0.283. The van der Waals surface area contributed by atoms with Gasteiger partial charge < -0.3 is 5.32 Å². The van der Waals surface area contributed by atoms with Crippen LogP contribution in [0.15, 0.2) is 84.9 Å². The smallest absolute Gasteiger partial charge is 0.278 e. The number of anilines is 1. The number of rotatable bonds is 4. The van der Waals surface area contributed by atoms with Crippen molar-refractivity contribution in [3.8, 4) is 16.9 Å². The number of hydrogen-bond donors (Lipinski definition) is 1. The maximum atomic E-state index is 12.9. The normalized spacial score (nSPS) is 10.6. The lowest BCUT2D eigenvalue weighted by Gasteiger charge is -2.09. The molecule has 0 atom stereocenters. The summed E-state index contributed by atoms with van der Waals surface area (Å²) >= 11 is 0. The Morgan fingerprint density at radius 1 is 0.852 bits per heavy atom. The Labute approximate surface area is 157 Å². The highest BCUT2D eigenvalue weighted by molar-refractivity contribution is 6.06. The summed E-state index contributed by atoms with van der Waals surface area (Å²) in [6.45, 7) is 2.00. The van der Waals surface area contributed by atoms with Gasteiger partial charge in [-0.25, -0.2) is 4.68 Å². The monoisotopic (exact) mass is 354 g/mol. The fraction of sp³-hybridized carbons (Fsp3) is 0.0455. The van der Waals surface area contributed by atoms with Crippen molar-refractivity contribution in [3.63, 3.8) is 0 Å². The Balaban J connectivity index is 1.77. The van der Waals surface area contributed by atoms with Crippen LogP contribution in [0.25, 0.3) is 16.9 Å². The minimum atomic E-state index is -0.292. The van der Waals surface area contributed by atoms with Crippen molar-refractivity contribution in [2.24, 2.45) is 0 Å². The molecular weight excluding hydrogens is 336 g/mol. The first kappa shape index (κ1) is 16.7. The number of aromatic nitrogens is 3. The van der Waals surface area contributed by atoms with Crippen LogP contribution in [0.3, 0.4) is 0 Å². The summed E-state index contributed by atoms with van der Waals surface area (Å²) in [6.07, 6.45) is 0. The van der Waals surface area contributed by atoms with E-state index in [1.807, 2.05) is 91.9 Å². The molecule has 0 aliphatic heterocycles. The first-order chi connectivity index (χ1) is 13.2. The third kappa shape index (κ3) is 3.48. The molecule has 1 N–H and O–H groups in total. The molecule has 0 fully saturated rings. The molecule has 0 bridgehead atoms. The molecule has 3 aromatic carbocycles. The first-order valence-corrected chi connectivity index (χ1v) is 8.67. The Hall–Kier alpha value is -3.73. The van der Waals surface area contributed by atoms with Gasteiger partial charge in [0.05, 0.1) is 5.69 Å². The van der Waals surface area contributed by atoms with Crippen molar-refractivity contribution in [2.45, 2.75) is 6.92 Å². The predicted octanol–water partition coefficient (Wildman–Crippen LogP) is 4.50. The van der Waals surface area contributed by atoms with Crippen molar-refractivity contribution in [1.82, 2.24) is 15.0 Å². The number of para-hydroxylation sites is 1. The summed E-state index contributed by atoms with van der Waals surface area (Å²) in [6, 6.07) is 27.0. The standard InChI is InChI=1S/C22H18N4O/c1-16-12-14-18(15-13-16)23-22(27)20-21(17-8-4-2-5-9-17)26(25-24-20)19-10-6-3-7-11-19/h2-15H,1H3,(H,23,27). The third-order valence-electron chi connectivity index (χ3n) is 4.24. The van der Waals surface area contributed by atoms with Crippen LogP contribution in [0.2, 0.25) is 0 Å². The van der Waals surface area contributed by atoms with Gasteiger partial charge in [-0.3, -0.25) is 4.79 Å². The van der Waals surface area contributed by atoms with Gasteiger partial charge in [-0.15, -0.1) is 5.10 Å². The quantitative estimate of drug-likeness (QED) is 0.587. The Morgan fingerprint density at radius 2 is 1.48 bits per heavy atom. The molecule has 5 heteroatoms. The van der Waals surface area contributed by atoms with E-state index in [1.165, 1.54) is 0 Å². The minimum Gasteiger partial charge on any atom is -0.321 e. The van der Waals surface area contributed by atoms with E-state index in [1.54, 1.807) is 4.68 Å². The topological polar surface area (TPSA) is 59.8 Å². The average molecular weight is 354 g/mol. The number of hydrogen-bond acceptors (Lipinski definition) is 3. The molecular formula is C22H18N4O. The largest absolute Gasteiger partial charge is 0.321 e. The van der Waals surface area contributed by atoms with Crippen molar-refractivity contribution < 1.29 is 4.79 Å². The maximum absolute atomic E-state index is 12.9. The molecule has 4 rings (SSSR count). The van der Waals surface area contributed by atoms with E-state index in [4.69, 9.17) is 0 Å². The van der Waals surface area contributed by atoms with Gasteiger partial charge in [0, 0.05) is 11.3 Å². The van der Waals surface area contributed by atoms with Crippen LogP contribution in [0.1, 0.15) is 16.1 Å². The first-order valence-electron chi connectivity index (χ1n) is 8.67. The Bertz CT molecular complexity index is 1050. The number of aryl methyl sites for hydroxylation is 1. The van der Waals surface area contributed by atoms with Gasteiger partial charge in [0.2, 0.25) is 0 Å². The highest BCUT2D eigenvalue weighted by Crippen LogP contribution is 2.25. The molecule has 132 valence electrons. The van der Waals surface area contributed by atoms with Crippen molar-refractivity contribution in [1.29, 1.82) is 0 Å². The zero-order valence-corrected chi connectivity index (χ0v) is 14.8. The summed E-state index contributed by atoms with van der Waals surface area (Å²) in [5.74, 6) is -0.292. The van der Waals surface area contributed by atoms with Gasteiger partial charge in [0.15, 0.2) is 5.69 Å². The van der Waals surface area contributed by atoms with Crippen LogP contribution < -0.4 is 5.32 Å². The molecule has 0 aliphatic carbocycles. The van der Waals surface area contributed by atoms with E-state index in [0.29, 0.717) is 5.69 Å². The second-order valence-corrected chi connectivity index (χ2v) is 6.22. The van der Waals surface area contributed by atoms with E-state index in [-0.39, 0.29) is 11.6 Å². The molecule has 1 aromatic heterocycles. The van der Waals surface area contributed by atoms with Crippen LogP contribution in [0.5, 0.6) is 0 Å². The molecule has 0 spiro atoms. The molecule has 0 radical (unpaired) electrons. The summed E-state index contributed by atoms with van der Waals surface area (Å²) in [5, 5.41) is 11.3. The molecule has 27 heavy (non-hydrogen) atoms. The summed E-state index contributed by atoms with van der Waals surface area (Å²) < 4.78 is 1.69. The van der Waals surface area contributed by atoms with Crippen molar-refractivity contribution in [2.75, 3.05) is 5.32 Å². The van der Waals surface area contributed by atoms with E-state index in [0.717, 1.165) is 22.5 Å². The number of carbonyl (C=O) groups is 1. The zero-order valence-electron chi connectivity index (χ0n) is 14.8. The molecule has 0 unspecified atom stereocenters. The number of amides is 1. The van der Waals surface area contributed by atoms with E-state index in [2.05, 4.69) is 15.6 Å². The van der Waals surface area contributed by atoms with Crippen LogP contribution in [0.4, 0.5) is 5.69 Å². The molecule has 1 amide bonds. The lowest BCUT2D eigenvalue weighted by atomic mass is 10.1. The highest BCUT2D eigenvalue weighted by Gasteiger charge is 2.22. The molecule has 0 saturated heterocycles. The second-order valence-electron chi connectivity index (χ2n) is 6.22. The number of nitrogens with zero attached hydrogens (tertiary/aromatic N) is 3. The second kappa shape index (κ2) is 7.25. The van der Waals surface area contributed by atoms with Crippen LogP contribution in [0, 0.1) is 6.92 Å². The van der Waals surface area contributed by atoms with Gasteiger partial charge in [-0.1, -0.05) is 71.4 Å². The molecule has 0 saturated carbocycles. The van der Waals surface area contributed by atoms with E-state index >= 15 is 0 Å². The van der Waals surface area contributed by atoms with Crippen molar-refractivity contribution in [3.05, 3.63) is 96.2 Å². The fourth-order valence-corrected chi connectivity index (χ4v) is 2.87. The predicted molar refractivity (Wildman–Crippen MR) is 106 cm³/mol. The zero-order chi connectivity index (χ0) is 18.6. The average Bonchev–Trinajstić information content (AvgIpc) is 3.16. The number of carbonyl (C=O) groups excluding carboxylic acids is 1. The lowest BCUT2D eigenvalue weighted by Crippen LogP contribution is -2.14. The lowest BCUT2D eigenvalue weighted by molar-refractivity contribution is 0.102. The van der Waals surface area contributed by atoms with Crippen LogP contribution in [-0.2, 0) is 0 Å². The van der Waals surface area contributed by atoms with Crippen molar-refractivity contribution >= 4 is 11.6 Å². The summed E-state index contributed by atoms with van der Waals surface area (Å²) in [5.41, 5.74) is 4.52. The summed E-state index contributed by atoms with van der Waals surface area (Å²) in [4.78, 5) is 12.9. The van der Waals surface area contributed by atoms with Gasteiger partial charge in [0.25, 0.3) is 5.91 Å². The molecule has 5 nitrogen and oxygen atoms in total. The summed E-state index contributed by atoms with van der Waals surface area (Å²) in [7, 11) is 0.